The van der Waals surface area contributed by atoms with E-state index in [0.717, 1.165) is 50.7 Å². The van der Waals surface area contributed by atoms with E-state index in [-0.39, 0.29) is 12.0 Å². The summed E-state index contributed by atoms with van der Waals surface area (Å²) in [4.78, 5) is 0. The average molecular weight is 637 g/mol. The van der Waals surface area contributed by atoms with E-state index in [1.807, 2.05) is 0 Å². The summed E-state index contributed by atoms with van der Waals surface area (Å²) in [5.41, 5.74) is -2.94. The second-order valence-corrected chi connectivity index (χ2v) is 10.7. The molecule has 1 aliphatic rings. The largest absolute Gasteiger partial charge is 0.460 e. The van der Waals surface area contributed by atoms with E-state index in [0.29, 0.717) is 42.0 Å². The van der Waals surface area contributed by atoms with Crippen molar-refractivity contribution in [2.24, 2.45) is 5.92 Å². The van der Waals surface area contributed by atoms with Crippen LogP contribution in [0.2, 0.25) is 5.02 Å². The van der Waals surface area contributed by atoms with Crippen LogP contribution in [0.3, 0.4) is 0 Å². The molecule has 0 unspecified atom stereocenters. The Kier molecular flexibility index (Phi) is 10.2. The van der Waals surface area contributed by atoms with Crippen molar-refractivity contribution in [2.75, 3.05) is 0 Å². The van der Waals surface area contributed by atoms with Gasteiger partial charge in [0.05, 0.1) is 16.8 Å². The van der Waals surface area contributed by atoms with Gasteiger partial charge in [-0.1, -0.05) is 31.4 Å². The zero-order valence-corrected chi connectivity index (χ0v) is 23.4. The number of rotatable bonds is 10. The van der Waals surface area contributed by atoms with Gasteiger partial charge >= 0.3 is 6.11 Å². The van der Waals surface area contributed by atoms with E-state index in [4.69, 9.17) is 11.6 Å². The van der Waals surface area contributed by atoms with Crippen LogP contribution in [0.5, 0.6) is 11.5 Å². The van der Waals surface area contributed by atoms with E-state index in [9.17, 15) is 30.7 Å². The van der Waals surface area contributed by atoms with Crippen LogP contribution >= 0.6 is 11.6 Å². The maximum atomic E-state index is 15.1. The lowest BCUT2D eigenvalue weighted by Crippen LogP contribution is -2.25. The molecule has 0 aromatic heterocycles. The van der Waals surface area contributed by atoms with Crippen LogP contribution in [0.25, 0.3) is 11.1 Å². The predicted octanol–water partition coefficient (Wildman–Crippen LogP) is 11.1. The first-order chi connectivity index (χ1) is 20.3. The molecule has 0 spiro atoms. The highest BCUT2D eigenvalue weighted by Gasteiger charge is 2.42. The topological polar surface area (TPSA) is 18.5 Å². The molecule has 0 radical (unpaired) electrons. The number of hydrogen-bond donors (Lipinski definition) is 0. The summed E-state index contributed by atoms with van der Waals surface area (Å²) in [7, 11) is 0. The number of ether oxygens (including phenoxy) is 2. The lowest BCUT2D eigenvalue weighted by Gasteiger charge is -2.29. The van der Waals surface area contributed by atoms with E-state index in [2.05, 4.69) is 16.4 Å². The molecular weight excluding hydrogens is 611 g/mol. The van der Waals surface area contributed by atoms with Crippen molar-refractivity contribution in [3.8, 4) is 22.6 Å². The van der Waals surface area contributed by atoms with E-state index in [1.54, 1.807) is 0 Å². The molecule has 1 fully saturated rings. The molecule has 1 saturated carbocycles. The molecular formula is C31H26ClF9O2. The van der Waals surface area contributed by atoms with Crippen molar-refractivity contribution >= 4 is 11.6 Å². The third kappa shape index (κ3) is 7.60. The third-order valence-electron chi connectivity index (χ3n) is 7.33. The molecule has 4 rings (SSSR count). The number of allylic oxidation sites excluding steroid dienone is 1. The summed E-state index contributed by atoms with van der Waals surface area (Å²) < 4.78 is 138. The SMILES string of the molecule is CCCC1CCC(c2cc(F)c(-c3cc(F)c(C(F)(F)Oc4cc(F)c(OC=CC(F)F)c(Cl)c4)c(F)c3)c(F)c2)CC1. The predicted molar refractivity (Wildman–Crippen MR) is 143 cm³/mol. The van der Waals surface area contributed by atoms with E-state index >= 15 is 8.78 Å². The van der Waals surface area contributed by atoms with Gasteiger partial charge in [0.25, 0.3) is 6.43 Å². The lowest BCUT2D eigenvalue weighted by atomic mass is 9.77. The van der Waals surface area contributed by atoms with Gasteiger partial charge in [0, 0.05) is 18.2 Å². The summed E-state index contributed by atoms with van der Waals surface area (Å²) in [6.07, 6.45) is -1.51. The fourth-order valence-electron chi connectivity index (χ4n) is 5.37. The Morgan fingerprint density at radius 1 is 0.860 bits per heavy atom. The van der Waals surface area contributed by atoms with Gasteiger partial charge in [0.15, 0.2) is 11.6 Å². The van der Waals surface area contributed by atoms with Crippen molar-refractivity contribution in [3.05, 3.63) is 94.0 Å². The maximum Gasteiger partial charge on any atom is 0.432 e. The summed E-state index contributed by atoms with van der Waals surface area (Å²) >= 11 is 5.75. The Balaban J connectivity index is 1.57. The fourth-order valence-corrected chi connectivity index (χ4v) is 5.61. The number of alkyl halides is 4. The van der Waals surface area contributed by atoms with Crippen LogP contribution in [0.1, 0.15) is 62.5 Å². The van der Waals surface area contributed by atoms with E-state index < -0.39 is 74.8 Å². The molecule has 232 valence electrons. The second kappa shape index (κ2) is 13.5. The van der Waals surface area contributed by atoms with Gasteiger partial charge in [-0.05, 0) is 72.9 Å². The van der Waals surface area contributed by atoms with Crippen LogP contribution in [0.15, 0.2) is 48.7 Å². The lowest BCUT2D eigenvalue weighted by molar-refractivity contribution is -0.189. The monoisotopic (exact) mass is 636 g/mol. The standard InChI is InChI=1S/C31H26ClF9O2/c1-2-3-16-4-6-17(7-5-16)18-10-22(33)28(23(34)11-18)19-12-24(35)29(25(36)13-19)31(40,41)43-20-14-21(32)30(26(37)15-20)42-9-8-27(38)39/h8-17,27H,2-7H2,1H3. The molecule has 0 saturated heterocycles. The molecule has 0 atom stereocenters. The molecule has 3 aromatic carbocycles. The summed E-state index contributed by atoms with van der Waals surface area (Å²) in [5.74, 6) is -8.68. The van der Waals surface area contributed by atoms with Gasteiger partial charge in [0.2, 0.25) is 0 Å². The fraction of sp³-hybridized carbons (Fsp3) is 0.355. The number of benzene rings is 3. The Morgan fingerprint density at radius 3 is 2.00 bits per heavy atom. The van der Waals surface area contributed by atoms with Gasteiger partial charge < -0.3 is 9.47 Å². The molecule has 0 N–H and O–H groups in total. The zero-order valence-electron chi connectivity index (χ0n) is 22.7. The van der Waals surface area contributed by atoms with Crippen molar-refractivity contribution in [3.63, 3.8) is 0 Å². The Labute approximate surface area is 247 Å². The minimum Gasteiger partial charge on any atom is -0.460 e. The number of halogens is 10. The first-order valence-corrected chi connectivity index (χ1v) is 13.8. The Bertz CT molecular complexity index is 1420. The second-order valence-electron chi connectivity index (χ2n) is 10.3. The number of hydrogen-bond acceptors (Lipinski definition) is 2. The van der Waals surface area contributed by atoms with Gasteiger partial charge in [0.1, 0.15) is 34.6 Å². The van der Waals surface area contributed by atoms with Crippen LogP contribution in [-0.2, 0) is 6.11 Å². The third-order valence-corrected chi connectivity index (χ3v) is 7.61. The minimum atomic E-state index is -4.75. The van der Waals surface area contributed by atoms with Crippen LogP contribution in [0.4, 0.5) is 39.5 Å². The summed E-state index contributed by atoms with van der Waals surface area (Å²) in [5, 5.41) is -0.676. The normalized spacial score (nSPS) is 17.6. The Morgan fingerprint density at radius 2 is 1.47 bits per heavy atom. The minimum absolute atomic E-state index is 0.0779. The van der Waals surface area contributed by atoms with Crippen LogP contribution in [0, 0.1) is 35.0 Å². The van der Waals surface area contributed by atoms with Crippen molar-refractivity contribution in [1.29, 1.82) is 0 Å². The highest BCUT2D eigenvalue weighted by atomic mass is 35.5. The molecule has 2 nitrogen and oxygen atoms in total. The first-order valence-electron chi connectivity index (χ1n) is 13.5. The molecule has 0 bridgehead atoms. The first kappa shape index (κ1) is 32.6. The van der Waals surface area contributed by atoms with Gasteiger partial charge in [-0.3, -0.25) is 0 Å². The van der Waals surface area contributed by atoms with Crippen LogP contribution in [-0.4, -0.2) is 6.43 Å². The van der Waals surface area contributed by atoms with Gasteiger partial charge in [-0.2, -0.15) is 8.78 Å². The van der Waals surface area contributed by atoms with E-state index in [1.165, 1.54) is 0 Å². The molecule has 0 heterocycles. The van der Waals surface area contributed by atoms with Gasteiger partial charge in [-0.15, -0.1) is 0 Å². The van der Waals surface area contributed by atoms with Gasteiger partial charge in [-0.25, -0.2) is 30.7 Å². The molecule has 0 amide bonds. The molecule has 12 heteroatoms. The van der Waals surface area contributed by atoms with Crippen molar-refractivity contribution in [1.82, 2.24) is 0 Å². The highest BCUT2D eigenvalue weighted by Crippen LogP contribution is 2.42. The smallest absolute Gasteiger partial charge is 0.432 e. The summed E-state index contributed by atoms with van der Waals surface area (Å²) in [6, 6.07) is 3.81. The maximum absolute atomic E-state index is 15.1. The molecule has 3 aromatic rings. The Hall–Kier alpha value is -3.34. The highest BCUT2D eigenvalue weighted by molar-refractivity contribution is 6.32. The van der Waals surface area contributed by atoms with Crippen molar-refractivity contribution in [2.45, 2.75) is 63.9 Å². The van der Waals surface area contributed by atoms with Crippen molar-refractivity contribution < 1.29 is 49.0 Å². The molecule has 1 aliphatic carbocycles. The quantitative estimate of drug-likeness (QED) is 0.163. The zero-order chi connectivity index (χ0) is 31.5. The average Bonchev–Trinajstić information content (AvgIpc) is 2.89. The molecule has 0 aliphatic heterocycles. The molecule has 43 heavy (non-hydrogen) atoms. The van der Waals surface area contributed by atoms with Crippen LogP contribution < -0.4 is 9.47 Å². The summed E-state index contributed by atoms with van der Waals surface area (Å²) in [6.45, 7) is 2.09.